The highest BCUT2D eigenvalue weighted by molar-refractivity contribution is 7.99. The highest BCUT2D eigenvalue weighted by Gasteiger charge is 2.11. The molecule has 0 aliphatic rings. The molecule has 152 valence electrons. The van der Waals surface area contributed by atoms with E-state index in [1.807, 2.05) is 0 Å². The Balaban J connectivity index is 0.000000292. The number of benzene rings is 2. The van der Waals surface area contributed by atoms with Crippen molar-refractivity contribution in [3.63, 3.8) is 0 Å². The molecule has 1 N–H and O–H groups in total. The van der Waals surface area contributed by atoms with E-state index in [1.54, 1.807) is 6.07 Å². The van der Waals surface area contributed by atoms with E-state index in [0.717, 1.165) is 10.6 Å². The molecule has 11 heteroatoms. The lowest BCUT2D eigenvalue weighted by atomic mass is 10.3. The third kappa shape index (κ3) is 7.25. The van der Waals surface area contributed by atoms with Gasteiger partial charge in [-0.3, -0.25) is 20.2 Å². The summed E-state index contributed by atoms with van der Waals surface area (Å²) in [5, 5.41) is 29.5. The number of hydrogen-bond acceptors (Lipinski definition) is 9. The Hall–Kier alpha value is -2.50. The van der Waals surface area contributed by atoms with Gasteiger partial charge in [0.05, 0.1) is 36.2 Å². The third-order valence-corrected chi connectivity index (χ3v) is 4.80. The minimum Gasteiger partial charge on any atom is -0.495 e. The van der Waals surface area contributed by atoms with Crippen LogP contribution in [0.5, 0.6) is 11.5 Å². The van der Waals surface area contributed by atoms with Crippen molar-refractivity contribution in [2.24, 2.45) is 0 Å². The Kier molecular flexibility index (Phi) is 10.1. The third-order valence-electron chi connectivity index (χ3n) is 3.29. The number of methoxy groups -OCH3 is 2. The maximum absolute atomic E-state index is 10.6. The predicted molar refractivity (Wildman–Crippen MR) is 109 cm³/mol. The summed E-state index contributed by atoms with van der Waals surface area (Å²) in [6, 6.07) is 8.76. The molecule has 0 amide bonds. The highest BCUT2D eigenvalue weighted by Crippen LogP contribution is 2.32. The van der Waals surface area contributed by atoms with Gasteiger partial charge in [-0.1, -0.05) is 0 Å². The van der Waals surface area contributed by atoms with Crippen molar-refractivity contribution in [1.29, 1.82) is 0 Å². The number of non-ortho nitro benzene ring substituents is 2. The van der Waals surface area contributed by atoms with Crippen molar-refractivity contribution in [2.45, 2.75) is 16.2 Å². The van der Waals surface area contributed by atoms with Crippen LogP contribution in [0.2, 0.25) is 0 Å². The maximum atomic E-state index is 10.6. The van der Waals surface area contributed by atoms with Gasteiger partial charge in [0, 0.05) is 34.3 Å². The number of thiol groups is 1. The van der Waals surface area contributed by atoms with Crippen LogP contribution in [-0.4, -0.2) is 41.5 Å². The molecule has 2 aromatic rings. The fourth-order valence-corrected chi connectivity index (χ4v) is 3.09. The van der Waals surface area contributed by atoms with Crippen LogP contribution in [-0.2, 0) is 0 Å². The van der Waals surface area contributed by atoms with Gasteiger partial charge in [-0.2, -0.15) is 0 Å². The second-order valence-corrected chi connectivity index (χ2v) is 6.75. The molecular weight excluding hydrogens is 408 g/mol. The van der Waals surface area contributed by atoms with Crippen molar-refractivity contribution in [2.75, 3.05) is 26.6 Å². The monoisotopic (exact) mass is 428 g/mol. The zero-order valence-electron chi connectivity index (χ0n) is 15.2. The van der Waals surface area contributed by atoms with Gasteiger partial charge in [0.1, 0.15) is 11.5 Å². The average Bonchev–Trinajstić information content (AvgIpc) is 2.68. The predicted octanol–water partition coefficient (Wildman–Crippen LogP) is 3.97. The maximum Gasteiger partial charge on any atom is 0.273 e. The molecule has 0 aliphatic carbocycles. The number of nitrogens with zero attached hydrogens (tertiary/aromatic N) is 2. The number of hydrogen-bond donors (Lipinski definition) is 2. The lowest BCUT2D eigenvalue weighted by Crippen LogP contribution is -1.92. The highest BCUT2D eigenvalue weighted by atomic mass is 32.2. The van der Waals surface area contributed by atoms with Gasteiger partial charge < -0.3 is 14.6 Å². The van der Waals surface area contributed by atoms with Crippen molar-refractivity contribution in [1.82, 2.24) is 0 Å². The van der Waals surface area contributed by atoms with E-state index in [9.17, 15) is 20.2 Å². The molecule has 0 atom stereocenters. The molecule has 28 heavy (non-hydrogen) atoms. The summed E-state index contributed by atoms with van der Waals surface area (Å²) in [6.45, 7) is 0.141. The molecule has 9 nitrogen and oxygen atoms in total. The Labute approximate surface area is 171 Å². The summed E-state index contributed by atoms with van der Waals surface area (Å²) >= 11 is 5.56. The Morgan fingerprint density at radius 2 is 1.54 bits per heavy atom. The zero-order valence-corrected chi connectivity index (χ0v) is 16.9. The summed E-state index contributed by atoms with van der Waals surface area (Å²) in [7, 11) is 2.92. The quantitative estimate of drug-likeness (QED) is 0.213. The molecule has 0 aliphatic heterocycles. The second kappa shape index (κ2) is 12.1. The van der Waals surface area contributed by atoms with Gasteiger partial charge in [0.2, 0.25) is 0 Å². The van der Waals surface area contributed by atoms with Crippen LogP contribution in [0, 0.1) is 20.2 Å². The SMILES string of the molecule is COc1cc([N+](=O)[O-])ccc1S.COc1cc([N+](=O)[O-])ccc1SCCCO. The van der Waals surface area contributed by atoms with Crippen LogP contribution in [0.25, 0.3) is 0 Å². The van der Waals surface area contributed by atoms with Gasteiger partial charge >= 0.3 is 0 Å². The molecule has 0 bridgehead atoms. The summed E-state index contributed by atoms with van der Waals surface area (Å²) in [6.07, 6.45) is 0.685. The van der Waals surface area contributed by atoms with Crippen LogP contribution in [0.15, 0.2) is 46.2 Å². The van der Waals surface area contributed by atoms with Crippen LogP contribution >= 0.6 is 24.4 Å². The molecule has 0 heterocycles. The Morgan fingerprint density at radius 1 is 1.00 bits per heavy atom. The number of aliphatic hydroxyl groups excluding tert-OH is 1. The normalized spacial score (nSPS) is 9.86. The van der Waals surface area contributed by atoms with E-state index in [4.69, 9.17) is 14.6 Å². The molecule has 0 unspecified atom stereocenters. The van der Waals surface area contributed by atoms with Gasteiger partial charge in [0.25, 0.3) is 11.4 Å². The molecule has 0 saturated carbocycles. The van der Waals surface area contributed by atoms with E-state index in [1.165, 1.54) is 56.3 Å². The first-order valence-corrected chi connectivity index (χ1v) is 9.34. The van der Waals surface area contributed by atoms with Crippen molar-refractivity contribution >= 4 is 35.8 Å². The van der Waals surface area contributed by atoms with Gasteiger partial charge in [0.15, 0.2) is 0 Å². The van der Waals surface area contributed by atoms with E-state index in [2.05, 4.69) is 12.6 Å². The molecule has 0 aromatic heterocycles. The summed E-state index contributed by atoms with van der Waals surface area (Å²) in [4.78, 5) is 21.4. The molecule has 0 radical (unpaired) electrons. The van der Waals surface area contributed by atoms with Gasteiger partial charge in [-0.05, 0) is 18.6 Å². The topological polar surface area (TPSA) is 125 Å². The van der Waals surface area contributed by atoms with E-state index in [0.29, 0.717) is 22.8 Å². The lowest BCUT2D eigenvalue weighted by molar-refractivity contribution is -0.385. The van der Waals surface area contributed by atoms with Crippen molar-refractivity contribution in [3.8, 4) is 11.5 Å². The van der Waals surface area contributed by atoms with Gasteiger partial charge in [-0.15, -0.1) is 24.4 Å². The number of ether oxygens (including phenoxy) is 2. The van der Waals surface area contributed by atoms with Crippen molar-refractivity contribution in [3.05, 3.63) is 56.6 Å². The smallest absolute Gasteiger partial charge is 0.273 e. The van der Waals surface area contributed by atoms with Crippen LogP contribution in [0.4, 0.5) is 11.4 Å². The minimum absolute atomic E-state index is 0.00431. The molecular formula is C17H20N2O7S2. The number of aliphatic hydroxyl groups is 1. The number of nitro groups is 2. The number of nitro benzene ring substituents is 2. The zero-order chi connectivity index (χ0) is 21.1. The first-order valence-electron chi connectivity index (χ1n) is 7.91. The van der Waals surface area contributed by atoms with E-state index < -0.39 is 9.85 Å². The molecule has 0 fully saturated rings. The lowest BCUT2D eigenvalue weighted by Gasteiger charge is -2.07. The van der Waals surface area contributed by atoms with Gasteiger partial charge in [-0.25, -0.2) is 0 Å². The fraction of sp³-hybridized carbons (Fsp3) is 0.294. The molecule has 2 aromatic carbocycles. The summed E-state index contributed by atoms with van der Waals surface area (Å²) < 4.78 is 9.93. The first-order chi connectivity index (χ1) is 13.3. The first kappa shape index (κ1) is 23.5. The van der Waals surface area contributed by atoms with E-state index in [-0.39, 0.29) is 18.0 Å². The van der Waals surface area contributed by atoms with Crippen LogP contribution < -0.4 is 9.47 Å². The number of thioether (sulfide) groups is 1. The standard InChI is InChI=1S/C10H13NO4S.C7H7NO3S/c1-15-9-7-8(11(13)14)3-4-10(9)16-6-2-5-12;1-11-6-4-5(8(9)10)2-3-7(6)12/h3-4,7,12H,2,5-6H2,1H3;2-4,12H,1H3. The molecule has 0 saturated heterocycles. The van der Waals surface area contributed by atoms with Crippen LogP contribution in [0.1, 0.15) is 6.42 Å². The average molecular weight is 428 g/mol. The van der Waals surface area contributed by atoms with Crippen LogP contribution in [0.3, 0.4) is 0 Å². The summed E-state index contributed by atoms with van der Waals surface area (Å²) in [5.41, 5.74) is 0.0213. The Morgan fingerprint density at radius 3 is 2.04 bits per heavy atom. The van der Waals surface area contributed by atoms with Crippen molar-refractivity contribution < 1.29 is 24.4 Å². The Bertz CT molecular complexity index is 818. The fourth-order valence-electron chi connectivity index (χ4n) is 1.92. The molecule has 0 spiro atoms. The second-order valence-electron chi connectivity index (χ2n) is 5.13. The largest absolute Gasteiger partial charge is 0.495 e. The van der Waals surface area contributed by atoms with E-state index >= 15 is 0 Å². The number of rotatable bonds is 8. The molecule has 2 rings (SSSR count). The summed E-state index contributed by atoms with van der Waals surface area (Å²) in [5.74, 6) is 1.66. The minimum atomic E-state index is -0.476.